The van der Waals surface area contributed by atoms with E-state index in [1.807, 2.05) is 43.1 Å². The van der Waals surface area contributed by atoms with Crippen molar-refractivity contribution in [3.63, 3.8) is 0 Å². The number of carbonyl (C=O) groups is 1. The van der Waals surface area contributed by atoms with Gasteiger partial charge in [-0.2, -0.15) is 0 Å². The molecule has 0 fully saturated rings. The van der Waals surface area contributed by atoms with Crippen molar-refractivity contribution in [2.45, 2.75) is 6.92 Å². The third-order valence-corrected chi connectivity index (χ3v) is 2.44. The number of anilines is 2. The molecular weight excluding hydrogens is 218 g/mol. The van der Waals surface area contributed by atoms with Crippen LogP contribution in [0.4, 0.5) is 16.2 Å². The van der Waals surface area contributed by atoms with Crippen LogP contribution in [0, 0.1) is 0 Å². The van der Waals surface area contributed by atoms with Crippen molar-refractivity contribution in [3.8, 4) is 0 Å². The molecule has 0 aliphatic carbocycles. The van der Waals surface area contributed by atoms with Gasteiger partial charge < -0.3 is 20.6 Å². The SMILES string of the molecule is CCN(C)c1ccccc1NC(=O)NCCO. The molecule has 0 aliphatic heterocycles. The van der Waals surface area contributed by atoms with Crippen LogP contribution in [0.2, 0.25) is 0 Å². The summed E-state index contributed by atoms with van der Waals surface area (Å²) in [6.45, 7) is 3.08. The van der Waals surface area contributed by atoms with Gasteiger partial charge >= 0.3 is 6.03 Å². The van der Waals surface area contributed by atoms with E-state index in [1.54, 1.807) is 0 Å². The van der Waals surface area contributed by atoms with Gasteiger partial charge in [-0.1, -0.05) is 12.1 Å². The molecule has 0 unspecified atom stereocenters. The lowest BCUT2D eigenvalue weighted by atomic mass is 10.2. The summed E-state index contributed by atoms with van der Waals surface area (Å²) in [5.41, 5.74) is 1.72. The maximum atomic E-state index is 11.5. The minimum atomic E-state index is -0.309. The third kappa shape index (κ3) is 3.96. The maximum Gasteiger partial charge on any atom is 0.319 e. The second kappa shape index (κ2) is 6.75. The summed E-state index contributed by atoms with van der Waals surface area (Å²) in [4.78, 5) is 13.5. The third-order valence-electron chi connectivity index (χ3n) is 2.44. The second-order valence-corrected chi connectivity index (χ2v) is 3.64. The van der Waals surface area contributed by atoms with E-state index in [-0.39, 0.29) is 19.2 Å². The summed E-state index contributed by atoms with van der Waals surface area (Å²) >= 11 is 0. The van der Waals surface area contributed by atoms with E-state index in [0.717, 1.165) is 17.9 Å². The fraction of sp³-hybridized carbons (Fsp3) is 0.417. The Morgan fingerprint density at radius 2 is 2.12 bits per heavy atom. The fourth-order valence-corrected chi connectivity index (χ4v) is 1.42. The second-order valence-electron chi connectivity index (χ2n) is 3.64. The highest BCUT2D eigenvalue weighted by atomic mass is 16.3. The zero-order valence-electron chi connectivity index (χ0n) is 10.2. The van der Waals surface area contributed by atoms with Gasteiger partial charge in [0.25, 0.3) is 0 Å². The van der Waals surface area contributed by atoms with Crippen LogP contribution in [0.25, 0.3) is 0 Å². The Morgan fingerprint density at radius 1 is 1.41 bits per heavy atom. The first kappa shape index (κ1) is 13.3. The molecule has 0 spiro atoms. The van der Waals surface area contributed by atoms with Crippen molar-refractivity contribution < 1.29 is 9.90 Å². The van der Waals surface area contributed by atoms with Crippen LogP contribution in [-0.2, 0) is 0 Å². The molecule has 0 aromatic heterocycles. The molecule has 0 atom stereocenters. The first-order valence-corrected chi connectivity index (χ1v) is 5.65. The van der Waals surface area contributed by atoms with Crippen LogP contribution in [0.15, 0.2) is 24.3 Å². The van der Waals surface area contributed by atoms with Gasteiger partial charge in [-0.25, -0.2) is 4.79 Å². The van der Waals surface area contributed by atoms with Gasteiger partial charge in [0.05, 0.1) is 18.0 Å². The maximum absolute atomic E-state index is 11.5. The molecule has 0 aliphatic rings. The zero-order chi connectivity index (χ0) is 12.7. The molecule has 3 N–H and O–H groups in total. The van der Waals surface area contributed by atoms with Gasteiger partial charge in [-0.05, 0) is 19.1 Å². The Balaban J connectivity index is 2.73. The predicted molar refractivity (Wildman–Crippen MR) is 69.5 cm³/mol. The van der Waals surface area contributed by atoms with Crippen molar-refractivity contribution in [2.24, 2.45) is 0 Å². The molecule has 2 amide bonds. The summed E-state index contributed by atoms with van der Waals surface area (Å²) < 4.78 is 0. The number of para-hydroxylation sites is 2. The molecule has 94 valence electrons. The normalized spacial score (nSPS) is 9.82. The quantitative estimate of drug-likeness (QED) is 0.722. The van der Waals surface area contributed by atoms with Crippen molar-refractivity contribution in [2.75, 3.05) is 37.0 Å². The number of urea groups is 1. The van der Waals surface area contributed by atoms with Crippen molar-refractivity contribution in [1.29, 1.82) is 0 Å². The lowest BCUT2D eigenvalue weighted by Gasteiger charge is -2.20. The van der Waals surface area contributed by atoms with E-state index in [1.165, 1.54) is 0 Å². The van der Waals surface area contributed by atoms with Gasteiger partial charge in [-0.3, -0.25) is 0 Å². The number of rotatable bonds is 5. The smallest absolute Gasteiger partial charge is 0.319 e. The van der Waals surface area contributed by atoms with E-state index in [9.17, 15) is 4.79 Å². The van der Waals surface area contributed by atoms with E-state index in [2.05, 4.69) is 10.6 Å². The molecule has 17 heavy (non-hydrogen) atoms. The number of aliphatic hydroxyl groups is 1. The van der Waals surface area contributed by atoms with E-state index in [0.29, 0.717) is 0 Å². The number of hydrogen-bond acceptors (Lipinski definition) is 3. The van der Waals surface area contributed by atoms with E-state index < -0.39 is 0 Å². The highest BCUT2D eigenvalue weighted by Crippen LogP contribution is 2.23. The van der Waals surface area contributed by atoms with Gasteiger partial charge in [0.15, 0.2) is 0 Å². The lowest BCUT2D eigenvalue weighted by molar-refractivity contribution is 0.245. The molecule has 0 saturated carbocycles. The van der Waals surface area contributed by atoms with Crippen LogP contribution < -0.4 is 15.5 Å². The van der Waals surface area contributed by atoms with Gasteiger partial charge in [0.2, 0.25) is 0 Å². The minimum absolute atomic E-state index is 0.0655. The van der Waals surface area contributed by atoms with Gasteiger partial charge in [0, 0.05) is 20.1 Å². The average molecular weight is 237 g/mol. The predicted octanol–water partition coefficient (Wildman–Crippen LogP) is 1.26. The number of carbonyl (C=O) groups excluding carboxylic acids is 1. The number of amides is 2. The molecular formula is C12H19N3O2. The summed E-state index contributed by atoms with van der Waals surface area (Å²) in [5.74, 6) is 0. The Bertz CT molecular complexity index is 369. The Hall–Kier alpha value is -1.75. The van der Waals surface area contributed by atoms with Crippen LogP contribution in [0.5, 0.6) is 0 Å². The van der Waals surface area contributed by atoms with Crippen molar-refractivity contribution in [1.82, 2.24) is 5.32 Å². The first-order chi connectivity index (χ1) is 8.19. The highest BCUT2D eigenvalue weighted by Gasteiger charge is 2.07. The van der Waals surface area contributed by atoms with Gasteiger partial charge in [0.1, 0.15) is 0 Å². The first-order valence-electron chi connectivity index (χ1n) is 5.65. The van der Waals surface area contributed by atoms with Crippen LogP contribution in [0.3, 0.4) is 0 Å². The van der Waals surface area contributed by atoms with E-state index in [4.69, 9.17) is 5.11 Å². The molecule has 0 saturated heterocycles. The average Bonchev–Trinajstić information content (AvgIpc) is 2.36. The van der Waals surface area contributed by atoms with E-state index >= 15 is 0 Å². The van der Waals surface area contributed by atoms with Crippen LogP contribution >= 0.6 is 0 Å². The lowest BCUT2D eigenvalue weighted by Crippen LogP contribution is -2.31. The molecule has 1 aromatic carbocycles. The number of aliphatic hydroxyl groups excluding tert-OH is 1. The fourth-order valence-electron chi connectivity index (χ4n) is 1.42. The van der Waals surface area contributed by atoms with Crippen molar-refractivity contribution in [3.05, 3.63) is 24.3 Å². The molecule has 1 aromatic rings. The van der Waals surface area contributed by atoms with Gasteiger partial charge in [-0.15, -0.1) is 0 Å². The molecule has 1 rings (SSSR count). The number of benzene rings is 1. The Morgan fingerprint density at radius 3 is 2.76 bits per heavy atom. The topological polar surface area (TPSA) is 64.6 Å². The standard InChI is InChI=1S/C12H19N3O2/c1-3-15(2)11-7-5-4-6-10(11)14-12(17)13-8-9-16/h4-7,16H,3,8-9H2,1-2H3,(H2,13,14,17). The Labute approximate surface area is 101 Å². The number of nitrogens with zero attached hydrogens (tertiary/aromatic N) is 1. The monoisotopic (exact) mass is 237 g/mol. The summed E-state index contributed by atoms with van der Waals surface area (Å²) in [6, 6.07) is 7.29. The highest BCUT2D eigenvalue weighted by molar-refractivity contribution is 5.93. The zero-order valence-corrected chi connectivity index (χ0v) is 10.2. The largest absolute Gasteiger partial charge is 0.395 e. The molecule has 5 heteroatoms. The molecule has 0 radical (unpaired) electrons. The number of nitrogens with one attached hydrogen (secondary N) is 2. The molecule has 0 heterocycles. The number of hydrogen-bond donors (Lipinski definition) is 3. The van der Waals surface area contributed by atoms with Crippen LogP contribution in [-0.4, -0.2) is 37.9 Å². The summed E-state index contributed by atoms with van der Waals surface area (Å²) in [6.07, 6.45) is 0. The van der Waals surface area contributed by atoms with Crippen LogP contribution in [0.1, 0.15) is 6.92 Å². The van der Waals surface area contributed by atoms with Crippen molar-refractivity contribution >= 4 is 17.4 Å². The summed E-state index contributed by atoms with van der Waals surface area (Å²) in [5, 5.41) is 13.9. The molecule has 0 bridgehead atoms. The Kier molecular flexibility index (Phi) is 5.29. The molecule has 5 nitrogen and oxygen atoms in total. The minimum Gasteiger partial charge on any atom is -0.395 e. The summed E-state index contributed by atoms with van der Waals surface area (Å²) in [7, 11) is 1.96.